The monoisotopic (exact) mass is 225 g/mol. The predicted molar refractivity (Wildman–Crippen MR) is 68.8 cm³/mol. The molecule has 2 aliphatic rings. The molecule has 0 aromatic carbocycles. The average Bonchev–Trinajstić information content (AvgIpc) is 2.76. The molecule has 2 heterocycles. The molecule has 0 saturated carbocycles. The average molecular weight is 225 g/mol. The topological polar surface area (TPSA) is 18.5 Å². The zero-order chi connectivity index (χ0) is 11.4. The molecule has 0 bridgehead atoms. The Kier molecular flexibility index (Phi) is 4.62. The second-order valence-electron chi connectivity index (χ2n) is 5.56. The second kappa shape index (κ2) is 5.99. The van der Waals surface area contributed by atoms with E-state index in [1.54, 1.807) is 0 Å². The fraction of sp³-hybridized carbons (Fsp3) is 1.00. The number of rotatable bonds is 4. The van der Waals surface area contributed by atoms with Crippen molar-refractivity contribution in [1.29, 1.82) is 0 Å². The van der Waals surface area contributed by atoms with E-state index in [9.17, 15) is 0 Å². The first-order valence-electron chi connectivity index (χ1n) is 6.95. The highest BCUT2D eigenvalue weighted by molar-refractivity contribution is 4.81. The van der Waals surface area contributed by atoms with Crippen molar-refractivity contribution < 1.29 is 0 Å². The summed E-state index contributed by atoms with van der Waals surface area (Å²) in [6.45, 7) is 12.3. The molecule has 0 radical (unpaired) electrons. The van der Waals surface area contributed by atoms with Crippen molar-refractivity contribution in [3.63, 3.8) is 0 Å². The van der Waals surface area contributed by atoms with E-state index in [4.69, 9.17) is 0 Å². The predicted octanol–water partition coefficient (Wildman–Crippen LogP) is 1.15. The highest BCUT2D eigenvalue weighted by Gasteiger charge is 2.21. The van der Waals surface area contributed by atoms with Crippen molar-refractivity contribution in [2.75, 3.05) is 39.3 Å². The van der Waals surface area contributed by atoms with Crippen LogP contribution in [0.3, 0.4) is 0 Å². The summed E-state index contributed by atoms with van der Waals surface area (Å²) in [5, 5.41) is 3.54. The van der Waals surface area contributed by atoms with E-state index in [2.05, 4.69) is 29.0 Å². The number of likely N-dealkylation sites (tertiary alicyclic amines) is 1. The van der Waals surface area contributed by atoms with Gasteiger partial charge in [0.15, 0.2) is 0 Å². The molecular weight excluding hydrogens is 198 g/mol. The van der Waals surface area contributed by atoms with Crippen LogP contribution in [0.5, 0.6) is 0 Å². The summed E-state index contributed by atoms with van der Waals surface area (Å²) >= 11 is 0. The molecule has 0 aromatic heterocycles. The summed E-state index contributed by atoms with van der Waals surface area (Å²) in [6.07, 6.45) is 4.18. The number of piperazine rings is 1. The lowest BCUT2D eigenvalue weighted by Gasteiger charge is -2.37. The third-order valence-corrected chi connectivity index (χ3v) is 4.01. The summed E-state index contributed by atoms with van der Waals surface area (Å²) in [4.78, 5) is 5.27. The van der Waals surface area contributed by atoms with Crippen LogP contribution in [-0.4, -0.2) is 61.2 Å². The highest BCUT2D eigenvalue weighted by atomic mass is 15.2. The highest BCUT2D eigenvalue weighted by Crippen LogP contribution is 2.10. The van der Waals surface area contributed by atoms with Crippen LogP contribution in [0.4, 0.5) is 0 Å². The van der Waals surface area contributed by atoms with E-state index in [1.165, 1.54) is 52.0 Å². The lowest BCUT2D eigenvalue weighted by atomic mass is 10.1. The molecule has 3 heteroatoms. The van der Waals surface area contributed by atoms with Crippen LogP contribution in [-0.2, 0) is 0 Å². The Labute approximate surface area is 100 Å². The fourth-order valence-electron chi connectivity index (χ4n) is 2.91. The van der Waals surface area contributed by atoms with Gasteiger partial charge in [0.05, 0.1) is 0 Å². The van der Waals surface area contributed by atoms with Gasteiger partial charge in [-0.1, -0.05) is 0 Å². The fourth-order valence-corrected chi connectivity index (χ4v) is 2.91. The van der Waals surface area contributed by atoms with Crippen molar-refractivity contribution in [2.45, 2.75) is 45.2 Å². The van der Waals surface area contributed by atoms with E-state index in [-0.39, 0.29) is 0 Å². The summed E-state index contributed by atoms with van der Waals surface area (Å²) < 4.78 is 0. The van der Waals surface area contributed by atoms with Crippen molar-refractivity contribution in [3.8, 4) is 0 Å². The molecule has 1 N–H and O–H groups in total. The Morgan fingerprint density at radius 2 is 1.88 bits per heavy atom. The zero-order valence-corrected chi connectivity index (χ0v) is 10.9. The normalized spacial score (nSPS) is 33.4. The minimum Gasteiger partial charge on any atom is -0.311 e. The van der Waals surface area contributed by atoms with Crippen molar-refractivity contribution in [1.82, 2.24) is 15.1 Å². The van der Waals surface area contributed by atoms with Gasteiger partial charge in [-0.25, -0.2) is 0 Å². The van der Waals surface area contributed by atoms with E-state index < -0.39 is 0 Å². The van der Waals surface area contributed by atoms with Gasteiger partial charge in [0.1, 0.15) is 0 Å². The molecule has 2 rings (SSSR count). The molecule has 0 aliphatic carbocycles. The Morgan fingerprint density at radius 1 is 1.12 bits per heavy atom. The number of hydrogen-bond acceptors (Lipinski definition) is 3. The lowest BCUT2D eigenvalue weighted by molar-refractivity contribution is 0.139. The molecule has 0 amide bonds. The molecule has 3 nitrogen and oxygen atoms in total. The Bertz CT molecular complexity index is 201. The smallest absolute Gasteiger partial charge is 0.0193 e. The lowest BCUT2D eigenvalue weighted by Crippen LogP contribution is -2.54. The molecule has 2 atom stereocenters. The van der Waals surface area contributed by atoms with E-state index >= 15 is 0 Å². The van der Waals surface area contributed by atoms with Crippen LogP contribution in [0.2, 0.25) is 0 Å². The molecule has 2 unspecified atom stereocenters. The van der Waals surface area contributed by atoms with Gasteiger partial charge in [0.2, 0.25) is 0 Å². The molecule has 2 fully saturated rings. The van der Waals surface area contributed by atoms with E-state index in [1.807, 2.05) is 0 Å². The van der Waals surface area contributed by atoms with Crippen molar-refractivity contribution in [2.24, 2.45) is 0 Å². The Balaban J connectivity index is 1.63. The van der Waals surface area contributed by atoms with Crippen molar-refractivity contribution >= 4 is 0 Å². The Morgan fingerprint density at radius 3 is 2.62 bits per heavy atom. The van der Waals surface area contributed by atoms with Gasteiger partial charge in [-0.15, -0.1) is 0 Å². The summed E-state index contributed by atoms with van der Waals surface area (Å²) in [6, 6.07) is 1.39. The van der Waals surface area contributed by atoms with Crippen LogP contribution < -0.4 is 5.32 Å². The van der Waals surface area contributed by atoms with Crippen LogP contribution >= 0.6 is 0 Å². The third kappa shape index (κ3) is 3.44. The van der Waals surface area contributed by atoms with Crippen LogP contribution in [0.15, 0.2) is 0 Å². The first kappa shape index (κ1) is 12.3. The second-order valence-corrected chi connectivity index (χ2v) is 5.56. The van der Waals surface area contributed by atoms with Crippen molar-refractivity contribution in [3.05, 3.63) is 0 Å². The van der Waals surface area contributed by atoms with E-state index in [0.717, 1.165) is 12.6 Å². The first-order chi connectivity index (χ1) is 7.75. The molecule has 0 aromatic rings. The first-order valence-corrected chi connectivity index (χ1v) is 6.95. The third-order valence-electron chi connectivity index (χ3n) is 4.01. The molecular formula is C13H27N3. The van der Waals surface area contributed by atoms with Gasteiger partial charge < -0.3 is 10.2 Å². The summed E-state index contributed by atoms with van der Waals surface area (Å²) in [5.41, 5.74) is 0. The minimum absolute atomic E-state index is 0.669. The van der Waals surface area contributed by atoms with Crippen LogP contribution in [0.25, 0.3) is 0 Å². The molecule has 0 spiro atoms. The maximum atomic E-state index is 3.54. The minimum atomic E-state index is 0.669. The molecule has 2 saturated heterocycles. The summed E-state index contributed by atoms with van der Waals surface area (Å²) in [7, 11) is 0. The van der Waals surface area contributed by atoms with E-state index in [0.29, 0.717) is 6.04 Å². The zero-order valence-electron chi connectivity index (χ0n) is 10.9. The van der Waals surface area contributed by atoms with Gasteiger partial charge in [0.25, 0.3) is 0 Å². The number of nitrogens with one attached hydrogen (secondary N) is 1. The summed E-state index contributed by atoms with van der Waals surface area (Å²) in [5.74, 6) is 0. The van der Waals surface area contributed by atoms with Gasteiger partial charge in [-0.3, -0.25) is 4.90 Å². The number of nitrogens with zero attached hydrogens (tertiary/aromatic N) is 2. The molecule has 94 valence electrons. The molecule has 16 heavy (non-hydrogen) atoms. The standard InChI is InChI=1S/C13H27N3/c1-12-11-16(13(2)10-14-12)9-5-8-15-6-3-4-7-15/h12-14H,3-11H2,1-2H3. The van der Waals surface area contributed by atoms with Gasteiger partial charge in [-0.2, -0.15) is 0 Å². The SMILES string of the molecule is CC1CN(CCCN2CCCC2)C(C)CN1. The van der Waals surface area contributed by atoms with Gasteiger partial charge >= 0.3 is 0 Å². The largest absolute Gasteiger partial charge is 0.311 e. The van der Waals surface area contributed by atoms with Crippen LogP contribution in [0.1, 0.15) is 33.1 Å². The Hall–Kier alpha value is -0.120. The van der Waals surface area contributed by atoms with Gasteiger partial charge in [0, 0.05) is 25.2 Å². The quantitative estimate of drug-likeness (QED) is 0.774. The maximum Gasteiger partial charge on any atom is 0.0193 e. The number of hydrogen-bond donors (Lipinski definition) is 1. The molecule has 2 aliphatic heterocycles. The van der Waals surface area contributed by atoms with Crippen LogP contribution in [0, 0.1) is 0 Å². The maximum absolute atomic E-state index is 3.54. The van der Waals surface area contributed by atoms with Gasteiger partial charge in [-0.05, 0) is 59.3 Å².